The number of primary amides is 1. The average molecular weight is 553 g/mol. The van der Waals surface area contributed by atoms with Gasteiger partial charge in [-0.15, -0.1) is 0 Å². The van der Waals surface area contributed by atoms with Gasteiger partial charge in [0.25, 0.3) is 5.91 Å². The molecular weight excluding hydrogens is 523 g/mol. The number of amides is 1. The number of rotatable bonds is 4. The monoisotopic (exact) mass is 552 g/mol. The Kier molecular flexibility index (Phi) is 7.92. The lowest BCUT2D eigenvalue weighted by molar-refractivity contribution is -0.125. The van der Waals surface area contributed by atoms with Gasteiger partial charge in [0, 0.05) is 11.5 Å². The number of carbonyl (C=O) groups excluding carboxylic acids is 3. The minimum atomic E-state index is -1.92. The fourth-order valence-corrected chi connectivity index (χ4v) is 5.32. The van der Waals surface area contributed by atoms with Crippen molar-refractivity contribution in [3.05, 3.63) is 81.6 Å². The molecule has 0 aromatic heterocycles. The van der Waals surface area contributed by atoms with E-state index in [0.29, 0.717) is 11.1 Å². The van der Waals surface area contributed by atoms with Gasteiger partial charge < -0.3 is 31.3 Å². The number of ketones is 2. The predicted molar refractivity (Wildman–Crippen MR) is 143 cm³/mol. The minimum absolute atomic E-state index is 0.141. The van der Waals surface area contributed by atoms with Gasteiger partial charge in [-0.3, -0.25) is 19.3 Å². The van der Waals surface area contributed by atoms with Crippen molar-refractivity contribution in [2.24, 2.45) is 11.7 Å². The number of phenolic OH excluding ortho intramolecular Hbond substituents is 1. The summed E-state index contributed by atoms with van der Waals surface area (Å²) in [6.45, 7) is -0.694. The van der Waals surface area contributed by atoms with Crippen LogP contribution in [-0.2, 0) is 21.1 Å². The number of likely N-dealkylation sites (N-methyl/N-ethyl adjacent to an activating group) is 1. The summed E-state index contributed by atoms with van der Waals surface area (Å²) in [6, 6.07) is 9.02. The lowest BCUT2D eigenvalue weighted by atomic mass is 9.70. The summed E-state index contributed by atoms with van der Waals surface area (Å²) >= 11 is 0. The van der Waals surface area contributed by atoms with Crippen molar-refractivity contribution in [1.82, 2.24) is 4.90 Å². The molecule has 0 aliphatic heterocycles. The van der Waals surface area contributed by atoms with Crippen LogP contribution in [-0.4, -0.2) is 80.3 Å². The molecular formula is C29H29FN2O8. The van der Waals surface area contributed by atoms with Gasteiger partial charge in [0.15, 0.2) is 11.6 Å². The number of halogens is 1. The standard InChI is InChI=1S/C29H29FN2O8/c1-32(2)24-26(37)23(29(31)40)19(35)11-18(34)22-21(27(38)28(24)39)16(10-13-6-8-14(12-30)9-7-13)15-4-3-5-17(33)20(15)25(22)36/h3-10,21,24,27-28,33,36-39H,11-12H2,1-2H3,(H2,31,40)/b16-10+,26-23-/t21-,24-,27+,28-/m1/s1. The van der Waals surface area contributed by atoms with Crippen molar-refractivity contribution in [2.75, 3.05) is 14.1 Å². The summed E-state index contributed by atoms with van der Waals surface area (Å²) in [7, 11) is 2.84. The number of Topliss-reactive ketones (excluding diaryl/α,β-unsaturated/α-hetero) is 2. The molecule has 40 heavy (non-hydrogen) atoms. The number of hydrogen-bond donors (Lipinski definition) is 6. The molecule has 4 atom stereocenters. The Morgan fingerprint density at radius 2 is 1.68 bits per heavy atom. The van der Waals surface area contributed by atoms with Crippen molar-refractivity contribution in [3.8, 4) is 5.75 Å². The van der Waals surface area contributed by atoms with Gasteiger partial charge in [0.05, 0.1) is 24.1 Å². The van der Waals surface area contributed by atoms with Crippen LogP contribution in [0.3, 0.4) is 0 Å². The molecule has 2 aromatic rings. The average Bonchev–Trinajstić information content (AvgIpc) is 2.88. The second kappa shape index (κ2) is 11.0. The number of aromatic hydroxyl groups is 1. The molecule has 10 nitrogen and oxygen atoms in total. The Hall–Kier alpha value is -4.32. The van der Waals surface area contributed by atoms with Crippen LogP contribution in [0.5, 0.6) is 5.75 Å². The van der Waals surface area contributed by atoms with E-state index >= 15 is 0 Å². The van der Waals surface area contributed by atoms with Crippen LogP contribution in [0.25, 0.3) is 17.4 Å². The van der Waals surface area contributed by atoms with Crippen LogP contribution in [0.4, 0.5) is 4.39 Å². The number of alkyl halides is 1. The Balaban J connectivity index is 2.06. The van der Waals surface area contributed by atoms with E-state index in [1.54, 1.807) is 18.2 Å². The first kappa shape index (κ1) is 28.7. The van der Waals surface area contributed by atoms with Gasteiger partial charge in [-0.05, 0) is 42.4 Å². The van der Waals surface area contributed by atoms with Crippen molar-refractivity contribution in [3.63, 3.8) is 0 Å². The van der Waals surface area contributed by atoms with Gasteiger partial charge in [0.2, 0.25) is 0 Å². The van der Waals surface area contributed by atoms with E-state index in [2.05, 4.69) is 0 Å². The van der Waals surface area contributed by atoms with Crippen LogP contribution >= 0.6 is 0 Å². The largest absolute Gasteiger partial charge is 0.510 e. The molecule has 2 aromatic carbocycles. The van der Waals surface area contributed by atoms with E-state index in [9.17, 15) is 44.3 Å². The molecule has 2 aliphatic rings. The maximum absolute atomic E-state index is 13.6. The number of hydrogen-bond acceptors (Lipinski definition) is 9. The van der Waals surface area contributed by atoms with Gasteiger partial charge in [-0.2, -0.15) is 0 Å². The predicted octanol–water partition coefficient (Wildman–Crippen LogP) is 1.79. The number of benzene rings is 2. The molecule has 0 fully saturated rings. The number of nitrogens with zero attached hydrogens (tertiary/aromatic N) is 1. The third kappa shape index (κ3) is 4.90. The molecule has 1 amide bonds. The van der Waals surface area contributed by atoms with Crippen LogP contribution in [0.1, 0.15) is 28.7 Å². The van der Waals surface area contributed by atoms with E-state index in [1.807, 2.05) is 0 Å². The Morgan fingerprint density at radius 3 is 2.25 bits per heavy atom. The zero-order chi connectivity index (χ0) is 29.5. The summed E-state index contributed by atoms with van der Waals surface area (Å²) in [5.41, 5.74) is 5.13. The normalized spacial score (nSPS) is 26.6. The number of fused-ring (bicyclic) bond motifs is 2. The van der Waals surface area contributed by atoms with Crippen molar-refractivity contribution < 1.29 is 44.3 Å². The number of carbonyl (C=O) groups is 3. The summed E-state index contributed by atoms with van der Waals surface area (Å²) in [4.78, 5) is 40.1. The number of phenols is 1. The molecule has 0 radical (unpaired) electrons. The highest BCUT2D eigenvalue weighted by Gasteiger charge is 2.47. The zero-order valence-electron chi connectivity index (χ0n) is 21.7. The number of aliphatic hydroxyl groups is 4. The molecule has 0 heterocycles. The van der Waals surface area contributed by atoms with E-state index in [1.165, 1.54) is 49.3 Å². The second-order valence-corrected chi connectivity index (χ2v) is 9.95. The summed E-state index contributed by atoms with van der Waals surface area (Å²) < 4.78 is 13.1. The molecule has 4 rings (SSSR count). The zero-order valence-corrected chi connectivity index (χ0v) is 21.7. The van der Waals surface area contributed by atoms with Gasteiger partial charge in [-0.25, -0.2) is 4.39 Å². The fourth-order valence-electron chi connectivity index (χ4n) is 5.32. The topological polar surface area (TPSA) is 182 Å². The SMILES string of the molecule is CN(C)[C@@H]1/C(O)=C(/C(N)=O)C(=O)CC(=O)C2=C(O)c3c(O)cccc3/C(=C\c3ccc(CF)cc3)[C@H]2[C@H](O)[C@@H]1O. The maximum atomic E-state index is 13.6. The van der Waals surface area contributed by atoms with Crippen LogP contribution in [0.2, 0.25) is 0 Å². The molecule has 7 N–H and O–H groups in total. The van der Waals surface area contributed by atoms with Gasteiger partial charge in [-0.1, -0.05) is 42.5 Å². The summed E-state index contributed by atoms with van der Waals surface area (Å²) in [5.74, 6) is -7.02. The first-order valence-corrected chi connectivity index (χ1v) is 12.3. The molecule has 2 aliphatic carbocycles. The maximum Gasteiger partial charge on any atom is 0.255 e. The lowest BCUT2D eigenvalue weighted by Gasteiger charge is -2.39. The molecule has 0 bridgehead atoms. The number of nitrogens with two attached hydrogens (primary N) is 1. The number of aliphatic hydroxyl groups excluding tert-OH is 4. The quantitative estimate of drug-likeness (QED) is 0.243. The van der Waals surface area contributed by atoms with E-state index in [-0.39, 0.29) is 16.7 Å². The first-order valence-electron chi connectivity index (χ1n) is 12.3. The van der Waals surface area contributed by atoms with Crippen molar-refractivity contribution in [1.29, 1.82) is 0 Å². The Morgan fingerprint density at radius 1 is 1.02 bits per heavy atom. The van der Waals surface area contributed by atoms with Crippen LogP contribution < -0.4 is 5.73 Å². The third-order valence-corrected chi connectivity index (χ3v) is 7.20. The Bertz CT molecular complexity index is 1480. The summed E-state index contributed by atoms with van der Waals surface area (Å²) in [5, 5.41) is 55.9. The first-order chi connectivity index (χ1) is 18.9. The van der Waals surface area contributed by atoms with E-state index in [4.69, 9.17) is 5.73 Å². The molecule has 0 unspecified atom stereocenters. The van der Waals surface area contributed by atoms with Crippen LogP contribution in [0.15, 0.2) is 59.4 Å². The van der Waals surface area contributed by atoms with Gasteiger partial charge >= 0.3 is 0 Å². The second-order valence-electron chi connectivity index (χ2n) is 9.95. The smallest absolute Gasteiger partial charge is 0.255 e. The third-order valence-electron chi connectivity index (χ3n) is 7.20. The molecule has 0 saturated heterocycles. The summed E-state index contributed by atoms with van der Waals surface area (Å²) in [6.07, 6.45) is -3.29. The van der Waals surface area contributed by atoms with Gasteiger partial charge in [0.1, 0.15) is 35.6 Å². The minimum Gasteiger partial charge on any atom is -0.510 e. The van der Waals surface area contributed by atoms with E-state index < -0.39 is 83.2 Å². The molecule has 0 saturated carbocycles. The van der Waals surface area contributed by atoms with E-state index in [0.717, 1.165) is 0 Å². The van der Waals surface area contributed by atoms with Crippen LogP contribution in [0, 0.1) is 5.92 Å². The molecule has 11 heteroatoms. The van der Waals surface area contributed by atoms with Crippen molar-refractivity contribution >= 4 is 34.9 Å². The fraction of sp³-hybridized carbons (Fsp3) is 0.276. The highest BCUT2D eigenvalue weighted by molar-refractivity contribution is 6.26. The highest BCUT2D eigenvalue weighted by Crippen LogP contribution is 2.48. The molecule has 210 valence electrons. The molecule has 0 spiro atoms. The van der Waals surface area contributed by atoms with Crippen molar-refractivity contribution in [2.45, 2.75) is 31.3 Å². The lowest BCUT2D eigenvalue weighted by Crippen LogP contribution is -2.52. The highest BCUT2D eigenvalue weighted by atomic mass is 19.1. The Labute approximate surface area is 228 Å².